The van der Waals surface area contributed by atoms with Gasteiger partial charge in [-0.15, -0.1) is 0 Å². The van der Waals surface area contributed by atoms with E-state index in [0.717, 1.165) is 5.56 Å². The summed E-state index contributed by atoms with van der Waals surface area (Å²) in [5.74, 6) is -0.559. The summed E-state index contributed by atoms with van der Waals surface area (Å²) in [5, 5.41) is 7.73. The van der Waals surface area contributed by atoms with E-state index in [4.69, 9.17) is 11.6 Å². The summed E-state index contributed by atoms with van der Waals surface area (Å²) >= 11 is 5.84. The Hall–Kier alpha value is -2.66. The van der Waals surface area contributed by atoms with Gasteiger partial charge in [-0.25, -0.2) is 9.07 Å². The highest BCUT2D eigenvalue weighted by Crippen LogP contribution is 2.10. The highest BCUT2D eigenvalue weighted by molar-refractivity contribution is 6.30. The summed E-state index contributed by atoms with van der Waals surface area (Å²) in [4.78, 5) is 12.1. The lowest BCUT2D eigenvalue weighted by Crippen LogP contribution is -2.26. The molecule has 4 nitrogen and oxygen atoms in total. The summed E-state index contributed by atoms with van der Waals surface area (Å²) in [6.07, 6.45) is 2.38. The molecule has 122 valence electrons. The molecule has 0 unspecified atom stereocenters. The topological polar surface area (TPSA) is 46.9 Å². The molecule has 3 aromatic rings. The Bertz CT molecular complexity index is 828. The third kappa shape index (κ3) is 4.00. The molecular weight excluding hydrogens is 329 g/mol. The van der Waals surface area contributed by atoms with Gasteiger partial charge in [0.1, 0.15) is 5.82 Å². The van der Waals surface area contributed by atoms with E-state index in [0.29, 0.717) is 29.4 Å². The first-order valence-corrected chi connectivity index (χ1v) is 7.84. The lowest BCUT2D eigenvalue weighted by atomic mass is 10.1. The summed E-state index contributed by atoms with van der Waals surface area (Å²) in [6, 6.07) is 15.0. The third-order valence-corrected chi connectivity index (χ3v) is 3.78. The molecule has 0 bridgehead atoms. The zero-order valence-electron chi connectivity index (χ0n) is 12.7. The van der Waals surface area contributed by atoms with Crippen LogP contribution in [0.3, 0.4) is 0 Å². The fourth-order valence-electron chi connectivity index (χ4n) is 2.24. The van der Waals surface area contributed by atoms with Gasteiger partial charge in [-0.2, -0.15) is 5.10 Å². The maximum Gasteiger partial charge on any atom is 0.271 e. The zero-order valence-corrected chi connectivity index (χ0v) is 13.5. The van der Waals surface area contributed by atoms with Crippen molar-refractivity contribution in [1.82, 2.24) is 15.1 Å². The minimum absolute atomic E-state index is 0.246. The van der Waals surface area contributed by atoms with Crippen molar-refractivity contribution in [2.45, 2.75) is 6.42 Å². The van der Waals surface area contributed by atoms with Crippen LogP contribution in [-0.2, 0) is 6.42 Å². The largest absolute Gasteiger partial charge is 0.350 e. The molecule has 0 radical (unpaired) electrons. The number of halogens is 2. The number of hydrogen-bond donors (Lipinski definition) is 1. The molecule has 0 saturated heterocycles. The van der Waals surface area contributed by atoms with E-state index in [-0.39, 0.29) is 11.7 Å². The predicted octanol–water partition coefficient (Wildman–Crippen LogP) is 3.64. The number of carbonyl (C=O) groups is 1. The number of carbonyl (C=O) groups excluding carboxylic acids is 1. The second kappa shape index (κ2) is 7.27. The number of aromatic nitrogens is 2. The van der Waals surface area contributed by atoms with Gasteiger partial charge < -0.3 is 5.32 Å². The fraction of sp³-hybridized carbons (Fsp3) is 0.111. The van der Waals surface area contributed by atoms with Gasteiger partial charge in [-0.3, -0.25) is 4.79 Å². The number of rotatable bonds is 5. The van der Waals surface area contributed by atoms with Gasteiger partial charge in [-0.1, -0.05) is 23.7 Å². The van der Waals surface area contributed by atoms with E-state index >= 15 is 0 Å². The smallest absolute Gasteiger partial charge is 0.271 e. The van der Waals surface area contributed by atoms with E-state index in [1.54, 1.807) is 24.4 Å². The highest BCUT2D eigenvalue weighted by atomic mass is 35.5. The van der Waals surface area contributed by atoms with Crippen molar-refractivity contribution in [3.8, 4) is 5.69 Å². The maximum atomic E-state index is 12.9. The molecule has 0 fully saturated rings. The lowest BCUT2D eigenvalue weighted by Gasteiger charge is -2.04. The second-order valence-electron chi connectivity index (χ2n) is 5.25. The van der Waals surface area contributed by atoms with Crippen LogP contribution in [0.2, 0.25) is 5.02 Å². The standard InChI is InChI=1S/C18H15ClFN3O/c19-14-3-1-13(2-4-14)9-11-21-18(24)17-10-12-23(22-17)16-7-5-15(20)6-8-16/h1-8,10,12H,9,11H2,(H,21,24). The normalized spacial score (nSPS) is 10.6. The molecule has 1 aromatic heterocycles. The van der Waals surface area contributed by atoms with Crippen molar-refractivity contribution in [2.75, 3.05) is 6.54 Å². The van der Waals surface area contributed by atoms with E-state index < -0.39 is 0 Å². The maximum absolute atomic E-state index is 12.9. The molecule has 0 aliphatic rings. The number of nitrogens with zero attached hydrogens (tertiary/aromatic N) is 2. The van der Waals surface area contributed by atoms with Gasteiger partial charge in [-0.05, 0) is 54.4 Å². The monoisotopic (exact) mass is 343 g/mol. The van der Waals surface area contributed by atoms with Crippen LogP contribution < -0.4 is 5.32 Å². The molecular formula is C18H15ClFN3O. The summed E-state index contributed by atoms with van der Waals surface area (Å²) in [6.45, 7) is 0.504. The van der Waals surface area contributed by atoms with Crippen molar-refractivity contribution in [1.29, 1.82) is 0 Å². The first kappa shape index (κ1) is 16.2. The minimum Gasteiger partial charge on any atom is -0.350 e. The van der Waals surface area contributed by atoms with Gasteiger partial charge in [0, 0.05) is 17.8 Å². The molecule has 1 heterocycles. The van der Waals surface area contributed by atoms with E-state index in [2.05, 4.69) is 10.4 Å². The van der Waals surface area contributed by atoms with Crippen LogP contribution in [-0.4, -0.2) is 22.2 Å². The minimum atomic E-state index is -0.314. The molecule has 0 spiro atoms. The quantitative estimate of drug-likeness (QED) is 0.769. The van der Waals surface area contributed by atoms with Crippen LogP contribution >= 0.6 is 11.6 Å². The first-order chi connectivity index (χ1) is 11.6. The predicted molar refractivity (Wildman–Crippen MR) is 91.0 cm³/mol. The summed E-state index contributed by atoms with van der Waals surface area (Å²) in [5.41, 5.74) is 2.10. The lowest BCUT2D eigenvalue weighted by molar-refractivity contribution is 0.0948. The molecule has 1 N–H and O–H groups in total. The third-order valence-electron chi connectivity index (χ3n) is 3.53. The zero-order chi connectivity index (χ0) is 16.9. The van der Waals surface area contributed by atoms with E-state index in [9.17, 15) is 9.18 Å². The van der Waals surface area contributed by atoms with Gasteiger partial charge in [0.15, 0.2) is 5.69 Å². The number of hydrogen-bond acceptors (Lipinski definition) is 2. The average molecular weight is 344 g/mol. The van der Waals surface area contributed by atoms with Crippen LogP contribution in [0.1, 0.15) is 16.1 Å². The Morgan fingerprint density at radius 1 is 1.08 bits per heavy atom. The van der Waals surface area contributed by atoms with Gasteiger partial charge in [0.25, 0.3) is 5.91 Å². The number of benzene rings is 2. The van der Waals surface area contributed by atoms with Crippen LogP contribution in [0.4, 0.5) is 4.39 Å². The van der Waals surface area contributed by atoms with Crippen molar-refractivity contribution in [3.63, 3.8) is 0 Å². The van der Waals surface area contributed by atoms with Crippen molar-refractivity contribution in [2.24, 2.45) is 0 Å². The van der Waals surface area contributed by atoms with Crippen molar-refractivity contribution >= 4 is 17.5 Å². The van der Waals surface area contributed by atoms with Crippen LogP contribution in [0, 0.1) is 5.82 Å². The summed E-state index contributed by atoms with van der Waals surface area (Å²) < 4.78 is 14.5. The molecule has 0 saturated carbocycles. The fourth-order valence-corrected chi connectivity index (χ4v) is 2.37. The molecule has 0 atom stereocenters. The Balaban J connectivity index is 1.57. The van der Waals surface area contributed by atoms with Crippen LogP contribution in [0.5, 0.6) is 0 Å². The SMILES string of the molecule is O=C(NCCc1ccc(Cl)cc1)c1ccn(-c2ccc(F)cc2)n1. The Labute approximate surface area is 143 Å². The molecule has 0 aliphatic heterocycles. The van der Waals surface area contributed by atoms with Crippen molar-refractivity contribution < 1.29 is 9.18 Å². The highest BCUT2D eigenvalue weighted by Gasteiger charge is 2.09. The van der Waals surface area contributed by atoms with Gasteiger partial charge in [0.05, 0.1) is 5.69 Å². The number of nitrogens with one attached hydrogen (secondary N) is 1. The average Bonchev–Trinajstić information content (AvgIpc) is 3.07. The molecule has 6 heteroatoms. The van der Waals surface area contributed by atoms with Crippen molar-refractivity contribution in [3.05, 3.63) is 82.9 Å². The molecule has 0 aliphatic carbocycles. The van der Waals surface area contributed by atoms with Gasteiger partial charge in [0.2, 0.25) is 0 Å². The van der Waals surface area contributed by atoms with E-state index in [1.807, 2.05) is 24.3 Å². The first-order valence-electron chi connectivity index (χ1n) is 7.46. The second-order valence-corrected chi connectivity index (χ2v) is 5.69. The Morgan fingerprint density at radius 2 is 1.79 bits per heavy atom. The van der Waals surface area contributed by atoms with Gasteiger partial charge >= 0.3 is 0 Å². The Kier molecular flexibility index (Phi) is 4.91. The summed E-state index contributed by atoms with van der Waals surface area (Å²) in [7, 11) is 0. The van der Waals surface area contributed by atoms with E-state index in [1.165, 1.54) is 16.8 Å². The number of amides is 1. The Morgan fingerprint density at radius 3 is 2.50 bits per heavy atom. The molecule has 2 aromatic carbocycles. The van der Waals surface area contributed by atoms with Crippen LogP contribution in [0.25, 0.3) is 5.69 Å². The van der Waals surface area contributed by atoms with Crippen LogP contribution in [0.15, 0.2) is 60.8 Å². The molecule has 24 heavy (non-hydrogen) atoms. The molecule has 3 rings (SSSR count). The molecule has 1 amide bonds.